The molecule has 142 valence electrons. The SMILES string of the molecule is C[C@H](NS(=O)(=O)c1ccccc1)C(=O)Nc1ccc(N2CCCC2=O)cc1. The van der Waals surface area contributed by atoms with Crippen molar-refractivity contribution in [2.45, 2.75) is 30.7 Å². The number of nitrogens with zero attached hydrogens (tertiary/aromatic N) is 1. The number of anilines is 2. The molecule has 7 nitrogen and oxygen atoms in total. The fourth-order valence-electron chi connectivity index (χ4n) is 2.85. The zero-order valence-corrected chi connectivity index (χ0v) is 15.7. The summed E-state index contributed by atoms with van der Waals surface area (Å²) in [7, 11) is -3.78. The molecule has 3 rings (SSSR count). The lowest BCUT2D eigenvalue weighted by Crippen LogP contribution is -2.41. The van der Waals surface area contributed by atoms with E-state index in [9.17, 15) is 18.0 Å². The Labute approximate surface area is 158 Å². The van der Waals surface area contributed by atoms with Crippen LogP contribution < -0.4 is 14.9 Å². The Morgan fingerprint density at radius 3 is 2.33 bits per heavy atom. The van der Waals surface area contributed by atoms with Gasteiger partial charge in [0.1, 0.15) is 0 Å². The average Bonchev–Trinajstić information content (AvgIpc) is 3.08. The summed E-state index contributed by atoms with van der Waals surface area (Å²) in [5, 5.41) is 2.68. The molecule has 0 unspecified atom stereocenters. The topological polar surface area (TPSA) is 95.6 Å². The van der Waals surface area contributed by atoms with Crippen LogP contribution in [0.1, 0.15) is 19.8 Å². The van der Waals surface area contributed by atoms with Crippen LogP contribution >= 0.6 is 0 Å². The van der Waals surface area contributed by atoms with E-state index < -0.39 is 22.0 Å². The molecule has 2 amide bonds. The Morgan fingerprint density at radius 2 is 1.74 bits per heavy atom. The summed E-state index contributed by atoms with van der Waals surface area (Å²) >= 11 is 0. The number of hydrogen-bond donors (Lipinski definition) is 2. The van der Waals surface area contributed by atoms with Gasteiger partial charge in [-0.15, -0.1) is 0 Å². The first-order valence-corrected chi connectivity index (χ1v) is 10.1. The lowest BCUT2D eigenvalue weighted by Gasteiger charge is -2.17. The van der Waals surface area contributed by atoms with Crippen LogP contribution in [0, 0.1) is 0 Å². The predicted octanol–water partition coefficient (Wildman–Crippen LogP) is 2.12. The summed E-state index contributed by atoms with van der Waals surface area (Å²) in [6.07, 6.45) is 1.40. The summed E-state index contributed by atoms with van der Waals surface area (Å²) in [6, 6.07) is 13.8. The molecule has 1 heterocycles. The van der Waals surface area contributed by atoms with Gasteiger partial charge in [0.15, 0.2) is 0 Å². The van der Waals surface area contributed by atoms with Crippen molar-refractivity contribution in [3.63, 3.8) is 0 Å². The minimum Gasteiger partial charge on any atom is -0.325 e. The molecule has 8 heteroatoms. The van der Waals surface area contributed by atoms with Gasteiger partial charge in [-0.25, -0.2) is 8.42 Å². The van der Waals surface area contributed by atoms with Crippen LogP contribution in [0.25, 0.3) is 0 Å². The van der Waals surface area contributed by atoms with Crippen LogP contribution in [-0.4, -0.2) is 32.8 Å². The van der Waals surface area contributed by atoms with E-state index in [1.165, 1.54) is 19.1 Å². The fourth-order valence-corrected chi connectivity index (χ4v) is 4.07. The minimum atomic E-state index is -3.78. The summed E-state index contributed by atoms with van der Waals surface area (Å²) < 4.78 is 26.9. The second kappa shape index (κ2) is 7.89. The van der Waals surface area contributed by atoms with Gasteiger partial charge in [-0.05, 0) is 49.7 Å². The number of sulfonamides is 1. The number of benzene rings is 2. The summed E-state index contributed by atoms with van der Waals surface area (Å²) in [6.45, 7) is 2.18. The van der Waals surface area contributed by atoms with Crippen molar-refractivity contribution in [3.8, 4) is 0 Å². The average molecular weight is 387 g/mol. The lowest BCUT2D eigenvalue weighted by atomic mass is 10.2. The first kappa shape index (κ1) is 19.1. The number of rotatable bonds is 6. The van der Waals surface area contributed by atoms with Gasteiger partial charge in [0.05, 0.1) is 10.9 Å². The molecule has 1 aliphatic heterocycles. The van der Waals surface area contributed by atoms with Gasteiger partial charge in [-0.1, -0.05) is 18.2 Å². The molecular weight excluding hydrogens is 366 g/mol. The molecule has 1 aliphatic rings. The molecule has 0 aromatic heterocycles. The highest BCUT2D eigenvalue weighted by Crippen LogP contribution is 2.23. The molecule has 0 aliphatic carbocycles. The number of amides is 2. The Balaban J connectivity index is 1.62. The number of carbonyl (C=O) groups is 2. The molecular formula is C19H21N3O4S. The summed E-state index contributed by atoms with van der Waals surface area (Å²) in [4.78, 5) is 25.9. The van der Waals surface area contributed by atoms with E-state index in [0.29, 0.717) is 18.7 Å². The van der Waals surface area contributed by atoms with Crippen LogP contribution in [0.4, 0.5) is 11.4 Å². The van der Waals surface area contributed by atoms with Crippen molar-refractivity contribution >= 4 is 33.2 Å². The first-order valence-electron chi connectivity index (χ1n) is 8.65. The Bertz CT molecular complexity index is 927. The summed E-state index contributed by atoms with van der Waals surface area (Å²) in [5.41, 5.74) is 1.31. The monoisotopic (exact) mass is 387 g/mol. The Morgan fingerprint density at radius 1 is 1.07 bits per heavy atom. The second-order valence-corrected chi connectivity index (χ2v) is 8.06. The normalized spacial score (nSPS) is 15.6. The van der Waals surface area contributed by atoms with E-state index in [2.05, 4.69) is 10.0 Å². The van der Waals surface area contributed by atoms with Crippen LogP contribution in [-0.2, 0) is 19.6 Å². The maximum atomic E-state index is 12.3. The maximum absolute atomic E-state index is 12.3. The van der Waals surface area contributed by atoms with Crippen LogP contribution in [0.15, 0.2) is 59.5 Å². The zero-order chi connectivity index (χ0) is 19.4. The van der Waals surface area contributed by atoms with Gasteiger partial charge >= 0.3 is 0 Å². The van der Waals surface area contributed by atoms with Crippen molar-refractivity contribution in [1.82, 2.24) is 4.72 Å². The van der Waals surface area contributed by atoms with Gasteiger partial charge in [-0.2, -0.15) is 4.72 Å². The fraction of sp³-hybridized carbons (Fsp3) is 0.263. The van der Waals surface area contributed by atoms with Gasteiger partial charge in [0.2, 0.25) is 21.8 Å². The van der Waals surface area contributed by atoms with Crippen LogP contribution in [0.5, 0.6) is 0 Å². The van der Waals surface area contributed by atoms with E-state index in [0.717, 1.165) is 12.1 Å². The quantitative estimate of drug-likeness (QED) is 0.794. The Kier molecular flexibility index (Phi) is 5.57. The highest BCUT2D eigenvalue weighted by atomic mass is 32.2. The molecule has 0 radical (unpaired) electrons. The molecule has 0 spiro atoms. The Hall–Kier alpha value is -2.71. The third-order valence-electron chi connectivity index (χ3n) is 4.30. The van der Waals surface area contributed by atoms with Crippen molar-refractivity contribution in [2.75, 3.05) is 16.8 Å². The van der Waals surface area contributed by atoms with E-state index in [4.69, 9.17) is 0 Å². The molecule has 2 N–H and O–H groups in total. The van der Waals surface area contributed by atoms with Crippen molar-refractivity contribution in [2.24, 2.45) is 0 Å². The number of hydrogen-bond acceptors (Lipinski definition) is 4. The molecule has 27 heavy (non-hydrogen) atoms. The molecule has 2 aromatic carbocycles. The van der Waals surface area contributed by atoms with E-state index in [-0.39, 0.29) is 10.8 Å². The summed E-state index contributed by atoms with van der Waals surface area (Å²) in [5.74, 6) is -0.379. The molecule has 0 saturated carbocycles. The van der Waals surface area contributed by atoms with Gasteiger partial charge in [-0.3, -0.25) is 9.59 Å². The smallest absolute Gasteiger partial charge is 0.242 e. The predicted molar refractivity (Wildman–Crippen MR) is 103 cm³/mol. The van der Waals surface area contributed by atoms with Crippen molar-refractivity contribution in [1.29, 1.82) is 0 Å². The van der Waals surface area contributed by atoms with Gasteiger partial charge in [0.25, 0.3) is 0 Å². The molecule has 1 atom stereocenters. The molecule has 1 fully saturated rings. The number of carbonyl (C=O) groups excluding carboxylic acids is 2. The first-order chi connectivity index (χ1) is 12.9. The molecule has 0 bridgehead atoms. The highest BCUT2D eigenvalue weighted by Gasteiger charge is 2.23. The standard InChI is InChI=1S/C19H21N3O4S/c1-14(21-27(25,26)17-6-3-2-4-7-17)19(24)20-15-9-11-16(12-10-15)22-13-5-8-18(22)23/h2-4,6-7,9-12,14,21H,5,8,13H2,1H3,(H,20,24)/t14-/m0/s1. The third kappa shape index (κ3) is 4.53. The minimum absolute atomic E-state index is 0.0933. The van der Waals surface area contributed by atoms with E-state index in [1.54, 1.807) is 47.4 Å². The van der Waals surface area contributed by atoms with Crippen LogP contribution in [0.3, 0.4) is 0 Å². The van der Waals surface area contributed by atoms with Gasteiger partial charge < -0.3 is 10.2 Å². The van der Waals surface area contributed by atoms with E-state index >= 15 is 0 Å². The zero-order valence-electron chi connectivity index (χ0n) is 14.9. The second-order valence-electron chi connectivity index (χ2n) is 6.34. The molecule has 2 aromatic rings. The highest BCUT2D eigenvalue weighted by molar-refractivity contribution is 7.89. The number of nitrogens with one attached hydrogen (secondary N) is 2. The van der Waals surface area contributed by atoms with Crippen molar-refractivity contribution < 1.29 is 18.0 Å². The van der Waals surface area contributed by atoms with E-state index in [1.807, 2.05) is 0 Å². The molecule has 1 saturated heterocycles. The lowest BCUT2D eigenvalue weighted by molar-refractivity contribution is -0.118. The largest absolute Gasteiger partial charge is 0.325 e. The third-order valence-corrected chi connectivity index (χ3v) is 5.86. The maximum Gasteiger partial charge on any atom is 0.242 e. The van der Waals surface area contributed by atoms with Crippen LogP contribution in [0.2, 0.25) is 0 Å². The van der Waals surface area contributed by atoms with Gasteiger partial charge in [0, 0.05) is 24.3 Å². The van der Waals surface area contributed by atoms with Crippen molar-refractivity contribution in [3.05, 3.63) is 54.6 Å².